The van der Waals surface area contributed by atoms with Gasteiger partial charge in [0.05, 0.1) is 10.6 Å². The Morgan fingerprint density at radius 2 is 1.34 bits per heavy atom. The molecule has 1 heterocycles. The van der Waals surface area contributed by atoms with Gasteiger partial charge in [-0.2, -0.15) is 4.08 Å². The van der Waals surface area contributed by atoms with Gasteiger partial charge in [0, 0.05) is 16.8 Å². The monoisotopic (exact) mass is 516 g/mol. The van der Waals surface area contributed by atoms with Crippen molar-refractivity contribution < 1.29 is 13.3 Å². The van der Waals surface area contributed by atoms with Gasteiger partial charge in [-0.1, -0.05) is 78.4 Å². The predicted molar refractivity (Wildman–Crippen MR) is 148 cm³/mol. The number of benzene rings is 5. The first-order chi connectivity index (χ1) is 16.8. The van der Waals surface area contributed by atoms with E-state index in [0.29, 0.717) is 11.4 Å². The summed E-state index contributed by atoms with van der Waals surface area (Å²) in [7, 11) is -4.20. The Morgan fingerprint density at radius 1 is 0.771 bits per heavy atom. The molecule has 1 aliphatic heterocycles. The van der Waals surface area contributed by atoms with Crippen LogP contribution < -0.4 is 9.16 Å². The third-order valence-corrected chi connectivity index (χ3v) is 11.5. The van der Waals surface area contributed by atoms with Gasteiger partial charge in [-0.25, -0.2) is 8.42 Å². The Labute approximate surface area is 208 Å². The quantitative estimate of drug-likeness (QED) is 0.252. The molecule has 35 heavy (non-hydrogen) atoms. The number of hydrogen-bond acceptors (Lipinski definition) is 3. The second-order valence-electron chi connectivity index (χ2n) is 8.61. The van der Waals surface area contributed by atoms with E-state index in [1.54, 1.807) is 30.3 Å². The molecular formula is C27H21N2O3PS2. The lowest BCUT2D eigenvalue weighted by molar-refractivity contribution is 0.591. The van der Waals surface area contributed by atoms with Crippen LogP contribution in [0.15, 0.2) is 102 Å². The van der Waals surface area contributed by atoms with E-state index in [4.69, 9.17) is 11.8 Å². The first-order valence-corrected chi connectivity index (χ1v) is 15.2. The van der Waals surface area contributed by atoms with Crippen LogP contribution in [0.1, 0.15) is 5.56 Å². The standard InChI is InChI=1S/C27H21N2O3PS2/c1-18-10-14-21(15-11-18)35(31,32)29-25-17-13-20-7-3-5-9-23(20)27(25)26-22-8-4-2-6-19(22)12-16-24(26)28-33(29,30)34/h2-17H,1H3,(H2,28,30,34). The summed E-state index contributed by atoms with van der Waals surface area (Å²) in [5, 5.41) is 6.86. The first-order valence-electron chi connectivity index (χ1n) is 11.0. The van der Waals surface area contributed by atoms with Crippen molar-refractivity contribution in [2.75, 3.05) is 9.16 Å². The zero-order chi connectivity index (χ0) is 24.4. The molecule has 0 amide bonds. The van der Waals surface area contributed by atoms with Gasteiger partial charge < -0.3 is 9.98 Å². The van der Waals surface area contributed by atoms with E-state index in [9.17, 15) is 13.3 Å². The Morgan fingerprint density at radius 3 is 2.00 bits per heavy atom. The van der Waals surface area contributed by atoms with Crippen LogP contribution in [0.25, 0.3) is 32.7 Å². The lowest BCUT2D eigenvalue weighted by atomic mass is 9.91. The lowest BCUT2D eigenvalue weighted by Crippen LogP contribution is -2.30. The number of anilines is 2. The Kier molecular flexibility index (Phi) is 5.02. The fraction of sp³-hybridized carbons (Fsp3) is 0.0370. The number of fused-ring (bicyclic) bond motifs is 7. The highest BCUT2D eigenvalue weighted by atomic mass is 32.5. The number of rotatable bonds is 2. The van der Waals surface area contributed by atoms with Crippen LogP contribution in [0.3, 0.4) is 0 Å². The first kappa shape index (κ1) is 22.3. The minimum atomic E-state index is -4.20. The average molecular weight is 517 g/mol. The van der Waals surface area contributed by atoms with Crippen LogP contribution in [-0.2, 0) is 21.8 Å². The Bertz CT molecular complexity index is 1800. The van der Waals surface area contributed by atoms with Crippen molar-refractivity contribution in [1.29, 1.82) is 0 Å². The summed E-state index contributed by atoms with van der Waals surface area (Å²) in [5.41, 5.74) is 3.44. The molecule has 1 aliphatic rings. The van der Waals surface area contributed by atoms with Crippen LogP contribution in [0.5, 0.6) is 0 Å². The van der Waals surface area contributed by atoms with Crippen molar-refractivity contribution in [3.63, 3.8) is 0 Å². The van der Waals surface area contributed by atoms with E-state index in [0.717, 1.165) is 42.3 Å². The molecule has 0 aromatic heterocycles. The third-order valence-electron chi connectivity index (χ3n) is 6.35. The summed E-state index contributed by atoms with van der Waals surface area (Å²) in [5.74, 6) is 0. The van der Waals surface area contributed by atoms with Crippen LogP contribution in [0.4, 0.5) is 11.4 Å². The second-order valence-corrected chi connectivity index (χ2v) is 13.9. The second kappa shape index (κ2) is 7.90. The molecular weight excluding hydrogens is 495 g/mol. The van der Waals surface area contributed by atoms with Crippen molar-refractivity contribution in [3.8, 4) is 11.1 Å². The molecule has 174 valence electrons. The molecule has 0 saturated carbocycles. The molecule has 0 saturated heterocycles. The molecule has 6 rings (SSSR count). The third kappa shape index (κ3) is 3.46. The van der Waals surface area contributed by atoms with Gasteiger partial charge >= 0.3 is 0 Å². The van der Waals surface area contributed by atoms with Gasteiger partial charge in [-0.05, 0) is 64.5 Å². The highest BCUT2D eigenvalue weighted by molar-refractivity contribution is 8.19. The molecule has 5 nitrogen and oxygen atoms in total. The fourth-order valence-corrected chi connectivity index (χ4v) is 9.81. The van der Waals surface area contributed by atoms with E-state index < -0.39 is 16.6 Å². The molecule has 0 bridgehead atoms. The van der Waals surface area contributed by atoms with Crippen LogP contribution in [-0.4, -0.2) is 13.3 Å². The maximum absolute atomic E-state index is 14.1. The van der Waals surface area contributed by atoms with Gasteiger partial charge in [-0.15, -0.1) is 0 Å². The minimum Gasteiger partial charge on any atom is -0.334 e. The molecule has 1 unspecified atom stereocenters. The van der Waals surface area contributed by atoms with Crippen molar-refractivity contribution in [1.82, 2.24) is 0 Å². The lowest BCUT2D eigenvalue weighted by Gasteiger charge is -2.31. The summed E-state index contributed by atoms with van der Waals surface area (Å²) in [6, 6.07) is 29.8. The number of hydrogen-bond donors (Lipinski definition) is 2. The van der Waals surface area contributed by atoms with Crippen molar-refractivity contribution in [2.24, 2.45) is 0 Å². The highest BCUT2D eigenvalue weighted by Crippen LogP contribution is 2.60. The number of nitrogens with zero attached hydrogens (tertiary/aromatic N) is 1. The normalized spacial score (nSPS) is 17.5. The van der Waals surface area contributed by atoms with Crippen LogP contribution in [0, 0.1) is 6.92 Å². The molecule has 0 spiro atoms. The smallest absolute Gasteiger partial charge is 0.271 e. The largest absolute Gasteiger partial charge is 0.334 e. The molecule has 5 aromatic rings. The summed E-state index contributed by atoms with van der Waals surface area (Å²) in [6.07, 6.45) is 0. The average Bonchev–Trinajstić information content (AvgIpc) is 2.95. The topological polar surface area (TPSA) is 69.6 Å². The van der Waals surface area contributed by atoms with E-state index in [1.807, 2.05) is 73.7 Å². The highest BCUT2D eigenvalue weighted by Gasteiger charge is 2.41. The molecule has 0 radical (unpaired) electrons. The van der Waals surface area contributed by atoms with E-state index in [-0.39, 0.29) is 4.90 Å². The summed E-state index contributed by atoms with van der Waals surface area (Å²) < 4.78 is 29.2. The molecule has 2 N–H and O–H groups in total. The minimum absolute atomic E-state index is 0.0723. The van der Waals surface area contributed by atoms with E-state index in [2.05, 4.69) is 5.09 Å². The van der Waals surface area contributed by atoms with Crippen molar-refractivity contribution in [2.45, 2.75) is 11.8 Å². The number of nitrogens with one attached hydrogen (secondary N) is 1. The van der Waals surface area contributed by atoms with Gasteiger partial charge in [0.15, 0.2) is 0 Å². The molecule has 1 atom stereocenters. The van der Waals surface area contributed by atoms with Gasteiger partial charge in [0.2, 0.25) is 0 Å². The van der Waals surface area contributed by atoms with Crippen LogP contribution in [0.2, 0.25) is 0 Å². The maximum atomic E-state index is 14.1. The Hall–Kier alpha value is -3.22. The van der Waals surface area contributed by atoms with E-state index >= 15 is 0 Å². The SMILES string of the molecule is Cc1ccc(S(=O)(=O)N2c3ccc4ccccc4c3-c3c(ccc4ccccc34)NP2(O)=S)cc1. The van der Waals surface area contributed by atoms with Crippen LogP contribution >= 0.6 is 6.57 Å². The van der Waals surface area contributed by atoms with Crippen molar-refractivity contribution in [3.05, 3.63) is 103 Å². The molecule has 8 heteroatoms. The fourth-order valence-electron chi connectivity index (χ4n) is 4.75. The zero-order valence-corrected chi connectivity index (χ0v) is 21.2. The maximum Gasteiger partial charge on any atom is 0.271 e. The number of sulfonamides is 1. The van der Waals surface area contributed by atoms with E-state index in [1.165, 1.54) is 0 Å². The molecule has 0 aliphatic carbocycles. The zero-order valence-electron chi connectivity index (χ0n) is 18.7. The number of aryl methyl sites for hydroxylation is 1. The van der Waals surface area contributed by atoms with Gasteiger partial charge in [-0.3, -0.25) is 0 Å². The van der Waals surface area contributed by atoms with Crippen molar-refractivity contribution >= 4 is 61.3 Å². The summed E-state index contributed by atoms with van der Waals surface area (Å²) >= 11 is 5.68. The molecule has 0 fully saturated rings. The summed E-state index contributed by atoms with van der Waals surface area (Å²) in [4.78, 5) is 11.7. The Balaban J connectivity index is 1.77. The van der Waals surface area contributed by atoms with Gasteiger partial charge in [0.1, 0.15) is 0 Å². The molecule has 5 aromatic carbocycles. The van der Waals surface area contributed by atoms with Gasteiger partial charge in [0.25, 0.3) is 16.6 Å². The summed E-state index contributed by atoms with van der Waals surface area (Å²) in [6.45, 7) is -1.94. The predicted octanol–water partition coefficient (Wildman–Crippen LogP) is 6.81.